The van der Waals surface area contributed by atoms with Crippen LogP contribution in [0.1, 0.15) is 10.4 Å². The van der Waals surface area contributed by atoms with Gasteiger partial charge < -0.3 is 4.74 Å². The Morgan fingerprint density at radius 1 is 1.10 bits per heavy atom. The number of carbonyl (C=O) groups excluding carboxylic acids is 1. The Morgan fingerprint density at radius 2 is 1.95 bits per heavy atom. The van der Waals surface area contributed by atoms with Gasteiger partial charge in [0.2, 0.25) is 0 Å². The summed E-state index contributed by atoms with van der Waals surface area (Å²) in [6.07, 6.45) is 2.58. The minimum atomic E-state index is 0.540. The first-order valence-electron chi connectivity index (χ1n) is 6.31. The lowest BCUT2D eigenvalue weighted by atomic mass is 10.00. The van der Waals surface area contributed by atoms with E-state index in [0.717, 1.165) is 28.3 Å². The van der Waals surface area contributed by atoms with Crippen LogP contribution in [0, 0.1) is 0 Å². The molecule has 0 fully saturated rings. The van der Waals surface area contributed by atoms with Gasteiger partial charge in [-0.3, -0.25) is 9.78 Å². The van der Waals surface area contributed by atoms with Gasteiger partial charge in [0.1, 0.15) is 5.75 Å². The molecule has 0 amide bonds. The second-order valence-electron chi connectivity index (χ2n) is 4.46. The maximum absolute atomic E-state index is 11.1. The molecule has 98 valence electrons. The van der Waals surface area contributed by atoms with Crippen molar-refractivity contribution in [1.82, 2.24) is 4.98 Å². The van der Waals surface area contributed by atoms with Gasteiger partial charge in [-0.05, 0) is 23.8 Å². The first-order chi connectivity index (χ1) is 9.83. The van der Waals surface area contributed by atoms with Gasteiger partial charge >= 0.3 is 0 Å². The lowest BCUT2D eigenvalue weighted by molar-refractivity contribution is 0.112. The second-order valence-corrected chi connectivity index (χ2v) is 4.46. The van der Waals surface area contributed by atoms with Gasteiger partial charge in [0.05, 0.1) is 18.2 Å². The standard InChI is InChI=1S/C17H13NO2/c1-20-16-8-7-13(10-14(16)11-19)15-6-2-4-12-5-3-9-18-17(12)15/h2-11H,1H3. The van der Waals surface area contributed by atoms with E-state index in [2.05, 4.69) is 4.98 Å². The molecule has 1 aromatic heterocycles. The average Bonchev–Trinajstić information content (AvgIpc) is 2.53. The summed E-state index contributed by atoms with van der Waals surface area (Å²) in [6.45, 7) is 0. The number of pyridine rings is 1. The number of hydrogen-bond acceptors (Lipinski definition) is 3. The number of carbonyl (C=O) groups is 1. The molecule has 0 spiro atoms. The molecule has 3 aromatic rings. The van der Waals surface area contributed by atoms with Gasteiger partial charge in [0, 0.05) is 17.1 Å². The van der Waals surface area contributed by atoms with E-state index in [0.29, 0.717) is 11.3 Å². The van der Waals surface area contributed by atoms with E-state index < -0.39 is 0 Å². The van der Waals surface area contributed by atoms with E-state index in [1.54, 1.807) is 19.4 Å². The summed E-state index contributed by atoms with van der Waals surface area (Å²) in [4.78, 5) is 15.6. The molecule has 0 unspecified atom stereocenters. The van der Waals surface area contributed by atoms with Gasteiger partial charge in [0.25, 0.3) is 0 Å². The van der Waals surface area contributed by atoms with Crippen LogP contribution >= 0.6 is 0 Å². The van der Waals surface area contributed by atoms with Crippen molar-refractivity contribution in [3.63, 3.8) is 0 Å². The molecule has 0 aliphatic rings. The first-order valence-corrected chi connectivity index (χ1v) is 6.31. The van der Waals surface area contributed by atoms with E-state index in [1.807, 2.05) is 42.5 Å². The van der Waals surface area contributed by atoms with E-state index in [4.69, 9.17) is 4.74 Å². The highest BCUT2D eigenvalue weighted by Gasteiger charge is 2.08. The second kappa shape index (κ2) is 5.13. The average molecular weight is 263 g/mol. The van der Waals surface area contributed by atoms with Crippen LogP contribution in [-0.2, 0) is 0 Å². The quantitative estimate of drug-likeness (QED) is 0.676. The summed E-state index contributed by atoms with van der Waals surface area (Å²) in [5.74, 6) is 0.581. The van der Waals surface area contributed by atoms with E-state index in [-0.39, 0.29) is 0 Å². The Bertz CT molecular complexity index is 776. The summed E-state index contributed by atoms with van der Waals surface area (Å²) in [5, 5.41) is 1.08. The van der Waals surface area contributed by atoms with Crippen LogP contribution in [-0.4, -0.2) is 18.4 Å². The minimum absolute atomic E-state index is 0.540. The minimum Gasteiger partial charge on any atom is -0.496 e. The SMILES string of the molecule is COc1ccc(-c2cccc3cccnc23)cc1C=O. The molecule has 0 aliphatic heterocycles. The maximum atomic E-state index is 11.1. The van der Waals surface area contributed by atoms with Crippen LogP contribution in [0.3, 0.4) is 0 Å². The van der Waals surface area contributed by atoms with Gasteiger partial charge in [-0.2, -0.15) is 0 Å². The van der Waals surface area contributed by atoms with E-state index >= 15 is 0 Å². The summed E-state index contributed by atoms with van der Waals surface area (Å²) < 4.78 is 5.17. The number of para-hydroxylation sites is 1. The third kappa shape index (κ3) is 2.03. The predicted molar refractivity (Wildman–Crippen MR) is 79.1 cm³/mol. The van der Waals surface area contributed by atoms with Crippen molar-refractivity contribution in [3.8, 4) is 16.9 Å². The predicted octanol–water partition coefficient (Wildman–Crippen LogP) is 3.72. The van der Waals surface area contributed by atoms with Crippen molar-refractivity contribution in [2.45, 2.75) is 0 Å². The molecular weight excluding hydrogens is 250 g/mol. The molecule has 0 radical (unpaired) electrons. The first kappa shape index (κ1) is 12.4. The topological polar surface area (TPSA) is 39.2 Å². The van der Waals surface area contributed by atoms with Crippen LogP contribution in [0.2, 0.25) is 0 Å². The smallest absolute Gasteiger partial charge is 0.153 e. The summed E-state index contributed by atoms with van der Waals surface area (Å²) in [7, 11) is 1.56. The Balaban J connectivity index is 2.23. The molecule has 0 N–H and O–H groups in total. The maximum Gasteiger partial charge on any atom is 0.153 e. The zero-order valence-electron chi connectivity index (χ0n) is 11.0. The Morgan fingerprint density at radius 3 is 2.75 bits per heavy atom. The van der Waals surface area contributed by atoms with Gasteiger partial charge in [-0.1, -0.05) is 30.3 Å². The molecule has 0 saturated heterocycles. The summed E-state index contributed by atoms with van der Waals surface area (Å²) in [5.41, 5.74) is 3.43. The van der Waals surface area contributed by atoms with Crippen molar-refractivity contribution < 1.29 is 9.53 Å². The fraction of sp³-hybridized carbons (Fsp3) is 0.0588. The molecule has 0 aliphatic carbocycles. The zero-order valence-corrected chi connectivity index (χ0v) is 11.0. The molecule has 1 heterocycles. The van der Waals surface area contributed by atoms with Crippen LogP contribution in [0.15, 0.2) is 54.7 Å². The number of aldehydes is 1. The lowest BCUT2D eigenvalue weighted by Gasteiger charge is -2.09. The number of rotatable bonds is 3. The van der Waals surface area contributed by atoms with Crippen molar-refractivity contribution in [3.05, 3.63) is 60.3 Å². The highest BCUT2D eigenvalue weighted by molar-refractivity contribution is 5.95. The number of fused-ring (bicyclic) bond motifs is 1. The number of hydrogen-bond donors (Lipinski definition) is 0. The lowest BCUT2D eigenvalue weighted by Crippen LogP contribution is -1.92. The molecule has 3 rings (SSSR count). The van der Waals surface area contributed by atoms with Crippen LogP contribution in [0.25, 0.3) is 22.0 Å². The highest BCUT2D eigenvalue weighted by Crippen LogP contribution is 2.30. The van der Waals surface area contributed by atoms with Crippen molar-refractivity contribution in [2.24, 2.45) is 0 Å². The summed E-state index contributed by atoms with van der Waals surface area (Å²) >= 11 is 0. The monoisotopic (exact) mass is 263 g/mol. The Kier molecular flexibility index (Phi) is 3.17. The Labute approximate surface area is 116 Å². The van der Waals surface area contributed by atoms with Crippen LogP contribution < -0.4 is 4.74 Å². The normalized spacial score (nSPS) is 10.4. The number of benzene rings is 2. The van der Waals surface area contributed by atoms with Gasteiger partial charge in [-0.15, -0.1) is 0 Å². The number of nitrogens with zero attached hydrogens (tertiary/aromatic N) is 1. The fourth-order valence-electron chi connectivity index (χ4n) is 2.33. The highest BCUT2D eigenvalue weighted by atomic mass is 16.5. The largest absolute Gasteiger partial charge is 0.496 e. The molecule has 3 heteroatoms. The fourth-order valence-corrected chi connectivity index (χ4v) is 2.33. The van der Waals surface area contributed by atoms with Crippen molar-refractivity contribution >= 4 is 17.2 Å². The van der Waals surface area contributed by atoms with Gasteiger partial charge in [0.15, 0.2) is 6.29 Å². The molecule has 20 heavy (non-hydrogen) atoms. The molecule has 0 bridgehead atoms. The number of ether oxygens (including phenoxy) is 1. The summed E-state index contributed by atoms with van der Waals surface area (Å²) in [6, 6.07) is 15.5. The Hall–Kier alpha value is -2.68. The molecule has 2 aromatic carbocycles. The van der Waals surface area contributed by atoms with Gasteiger partial charge in [-0.25, -0.2) is 0 Å². The van der Waals surface area contributed by atoms with Crippen molar-refractivity contribution in [1.29, 1.82) is 0 Å². The van der Waals surface area contributed by atoms with E-state index in [9.17, 15) is 4.79 Å². The zero-order chi connectivity index (χ0) is 13.9. The van der Waals surface area contributed by atoms with E-state index in [1.165, 1.54) is 0 Å². The van der Waals surface area contributed by atoms with Crippen LogP contribution in [0.4, 0.5) is 0 Å². The number of aromatic nitrogens is 1. The third-order valence-electron chi connectivity index (χ3n) is 3.30. The molecule has 0 atom stereocenters. The van der Waals surface area contributed by atoms with Crippen LogP contribution in [0.5, 0.6) is 5.75 Å². The third-order valence-corrected chi connectivity index (χ3v) is 3.30. The van der Waals surface area contributed by atoms with Crippen molar-refractivity contribution in [2.75, 3.05) is 7.11 Å². The number of methoxy groups -OCH3 is 1. The molecular formula is C17H13NO2. The molecule has 0 saturated carbocycles. The molecule has 3 nitrogen and oxygen atoms in total.